The number of thiazole rings is 1. The van der Waals surface area contributed by atoms with Crippen LogP contribution in [0.1, 0.15) is 29.2 Å². The highest BCUT2D eigenvalue weighted by molar-refractivity contribution is 7.92. The van der Waals surface area contributed by atoms with E-state index in [0.717, 1.165) is 39.4 Å². The van der Waals surface area contributed by atoms with Crippen LogP contribution in [0.3, 0.4) is 0 Å². The first-order valence-corrected chi connectivity index (χ1v) is 11.9. The number of anilines is 1. The monoisotopic (exact) mass is 435 g/mol. The van der Waals surface area contributed by atoms with Gasteiger partial charge in [-0.3, -0.25) is 5.32 Å². The van der Waals surface area contributed by atoms with E-state index in [9.17, 15) is 13.2 Å². The van der Waals surface area contributed by atoms with E-state index in [-0.39, 0.29) is 4.21 Å². The van der Waals surface area contributed by atoms with Gasteiger partial charge in [0, 0.05) is 15.3 Å². The van der Waals surface area contributed by atoms with Crippen LogP contribution in [0.4, 0.5) is 9.93 Å². The van der Waals surface area contributed by atoms with Gasteiger partial charge in [-0.2, -0.15) is 0 Å². The van der Waals surface area contributed by atoms with Crippen LogP contribution in [0, 0.1) is 6.92 Å². The molecule has 0 aliphatic heterocycles. The van der Waals surface area contributed by atoms with E-state index in [1.807, 2.05) is 51.1 Å². The molecule has 0 bridgehead atoms. The molecule has 0 spiro atoms. The minimum absolute atomic E-state index is 0.135. The van der Waals surface area contributed by atoms with Crippen molar-refractivity contribution in [2.75, 3.05) is 5.32 Å². The van der Waals surface area contributed by atoms with E-state index in [0.29, 0.717) is 5.13 Å². The first kappa shape index (κ1) is 20.5. The molecular formula is C19H21N3O3S3. The van der Waals surface area contributed by atoms with Crippen LogP contribution in [-0.2, 0) is 22.9 Å². The van der Waals surface area contributed by atoms with E-state index in [1.165, 1.54) is 22.7 Å². The van der Waals surface area contributed by atoms with Crippen molar-refractivity contribution in [3.05, 3.63) is 51.7 Å². The summed E-state index contributed by atoms with van der Waals surface area (Å²) >= 11 is 2.52. The van der Waals surface area contributed by atoms with Gasteiger partial charge >= 0.3 is 6.03 Å². The van der Waals surface area contributed by atoms with Crippen molar-refractivity contribution < 1.29 is 13.2 Å². The Morgan fingerprint density at radius 2 is 1.75 bits per heavy atom. The molecule has 0 saturated carbocycles. The van der Waals surface area contributed by atoms with Crippen LogP contribution in [0.25, 0.3) is 11.3 Å². The molecule has 9 heteroatoms. The number of thiophene rings is 1. The first-order valence-electron chi connectivity index (χ1n) is 8.82. The highest BCUT2D eigenvalue weighted by atomic mass is 32.2. The number of amides is 2. The summed E-state index contributed by atoms with van der Waals surface area (Å²) in [5, 5.41) is 2.91. The zero-order valence-corrected chi connectivity index (χ0v) is 18.2. The molecule has 0 radical (unpaired) electrons. The van der Waals surface area contributed by atoms with Crippen LogP contribution in [0.15, 0.2) is 40.6 Å². The number of hydrogen-bond donors (Lipinski definition) is 2. The van der Waals surface area contributed by atoms with Gasteiger partial charge in [0.1, 0.15) is 4.21 Å². The second kappa shape index (κ2) is 8.42. The van der Waals surface area contributed by atoms with Crippen LogP contribution in [0.2, 0.25) is 0 Å². The van der Waals surface area contributed by atoms with Crippen LogP contribution in [-0.4, -0.2) is 19.4 Å². The van der Waals surface area contributed by atoms with Crippen molar-refractivity contribution >= 4 is 43.9 Å². The van der Waals surface area contributed by atoms with E-state index in [1.54, 1.807) is 6.07 Å². The van der Waals surface area contributed by atoms with Gasteiger partial charge in [-0.1, -0.05) is 44.2 Å². The number of hydrogen-bond acceptors (Lipinski definition) is 6. The van der Waals surface area contributed by atoms with E-state index >= 15 is 0 Å². The van der Waals surface area contributed by atoms with Crippen LogP contribution >= 0.6 is 22.7 Å². The normalized spacial score (nSPS) is 11.4. The Balaban J connectivity index is 1.77. The van der Waals surface area contributed by atoms with Crippen molar-refractivity contribution in [1.29, 1.82) is 0 Å². The largest absolute Gasteiger partial charge is 0.334 e. The number of aromatic nitrogens is 1. The Morgan fingerprint density at radius 1 is 1.07 bits per heavy atom. The Labute approximate surface area is 172 Å². The van der Waals surface area contributed by atoms with Crippen molar-refractivity contribution in [1.82, 2.24) is 9.71 Å². The number of nitrogens with one attached hydrogen (secondary N) is 2. The number of aryl methyl sites for hydroxylation is 3. The van der Waals surface area contributed by atoms with Gasteiger partial charge in [0.2, 0.25) is 0 Å². The number of carbonyl (C=O) groups is 1. The number of sulfonamides is 1. The number of urea groups is 1. The average molecular weight is 436 g/mol. The van der Waals surface area contributed by atoms with E-state index in [2.05, 4.69) is 15.0 Å². The quantitative estimate of drug-likeness (QED) is 0.581. The van der Waals surface area contributed by atoms with Crippen molar-refractivity contribution in [2.45, 2.75) is 37.8 Å². The molecule has 0 atom stereocenters. The zero-order valence-electron chi connectivity index (χ0n) is 15.8. The number of benzene rings is 1. The minimum atomic E-state index is -3.92. The van der Waals surface area contributed by atoms with Crippen LogP contribution < -0.4 is 10.0 Å². The van der Waals surface area contributed by atoms with Crippen molar-refractivity contribution in [2.24, 2.45) is 0 Å². The molecular weight excluding hydrogens is 414 g/mol. The lowest BCUT2D eigenvalue weighted by molar-refractivity contribution is 0.256. The maximum atomic E-state index is 12.5. The molecule has 2 amide bonds. The molecule has 3 rings (SSSR count). The van der Waals surface area contributed by atoms with Crippen LogP contribution in [0.5, 0.6) is 0 Å². The lowest BCUT2D eigenvalue weighted by atomic mass is 10.1. The second-order valence-corrected chi connectivity index (χ2v) is 10.2. The third kappa shape index (κ3) is 4.43. The molecule has 0 fully saturated rings. The molecule has 0 unspecified atom stereocenters. The third-order valence-electron chi connectivity index (χ3n) is 4.10. The summed E-state index contributed by atoms with van der Waals surface area (Å²) in [5.41, 5.74) is 2.67. The summed E-state index contributed by atoms with van der Waals surface area (Å²) in [5.74, 6) is 0. The number of rotatable bonds is 6. The molecule has 2 aromatic heterocycles. The summed E-state index contributed by atoms with van der Waals surface area (Å²) in [7, 11) is -3.92. The first-order chi connectivity index (χ1) is 13.3. The molecule has 3 aromatic rings. The maximum absolute atomic E-state index is 12.5. The summed E-state index contributed by atoms with van der Waals surface area (Å²) in [4.78, 5) is 18.8. The highest BCUT2D eigenvalue weighted by Gasteiger charge is 2.22. The lowest BCUT2D eigenvalue weighted by Gasteiger charge is -2.05. The summed E-state index contributed by atoms with van der Waals surface area (Å²) in [6.07, 6.45) is 1.51. The van der Waals surface area contributed by atoms with Gasteiger partial charge in [-0.15, -0.1) is 22.7 Å². The fourth-order valence-corrected chi connectivity index (χ4v) is 6.09. The van der Waals surface area contributed by atoms with Gasteiger partial charge in [0.25, 0.3) is 10.0 Å². The predicted molar refractivity (Wildman–Crippen MR) is 115 cm³/mol. The van der Waals surface area contributed by atoms with Gasteiger partial charge in [-0.05, 0) is 31.4 Å². The predicted octanol–water partition coefficient (Wildman–Crippen LogP) is 4.82. The number of nitrogens with zero attached hydrogens (tertiary/aromatic N) is 1. The zero-order chi connectivity index (χ0) is 20.3. The smallest absolute Gasteiger partial charge is 0.283 e. The Hall–Kier alpha value is -2.23. The molecule has 1 aromatic carbocycles. The minimum Gasteiger partial charge on any atom is -0.283 e. The Kier molecular flexibility index (Phi) is 6.17. The number of carbonyl (C=O) groups excluding carboxylic acids is 1. The molecule has 28 heavy (non-hydrogen) atoms. The fourth-order valence-electron chi connectivity index (χ4n) is 2.73. The molecule has 0 aliphatic carbocycles. The molecule has 148 valence electrons. The maximum Gasteiger partial charge on any atom is 0.334 e. The SMILES string of the molecule is CCc1sc(S(=O)(=O)NC(=O)Nc2nc(-c3ccccc3)c(CC)s2)cc1C. The second-order valence-electron chi connectivity index (χ2n) is 6.10. The molecule has 6 nitrogen and oxygen atoms in total. The van der Waals surface area contributed by atoms with Gasteiger partial charge in [0.15, 0.2) is 5.13 Å². The molecule has 2 N–H and O–H groups in total. The highest BCUT2D eigenvalue weighted by Crippen LogP contribution is 2.31. The molecule has 0 saturated heterocycles. The third-order valence-corrected chi connectivity index (χ3v) is 8.40. The topological polar surface area (TPSA) is 88.2 Å². The van der Waals surface area contributed by atoms with E-state index < -0.39 is 16.1 Å². The van der Waals surface area contributed by atoms with Crippen molar-refractivity contribution in [3.8, 4) is 11.3 Å². The van der Waals surface area contributed by atoms with Gasteiger partial charge in [0.05, 0.1) is 5.69 Å². The van der Waals surface area contributed by atoms with E-state index in [4.69, 9.17) is 0 Å². The van der Waals surface area contributed by atoms with Gasteiger partial charge < -0.3 is 0 Å². The van der Waals surface area contributed by atoms with Crippen molar-refractivity contribution in [3.63, 3.8) is 0 Å². The Morgan fingerprint density at radius 3 is 2.36 bits per heavy atom. The summed E-state index contributed by atoms with van der Waals surface area (Å²) in [6, 6.07) is 10.4. The molecule has 2 heterocycles. The van der Waals surface area contributed by atoms with Gasteiger partial charge in [-0.25, -0.2) is 22.9 Å². The fraction of sp³-hybridized carbons (Fsp3) is 0.263. The standard InChI is InChI=1S/C19H21N3O3S3/c1-4-14-12(3)11-16(26-14)28(24,25)22-18(23)21-19-20-17(15(5-2)27-19)13-9-7-6-8-10-13/h6-11H,4-5H2,1-3H3,(H2,20,21,22,23). The summed E-state index contributed by atoms with van der Waals surface area (Å²) < 4.78 is 27.2. The Bertz CT molecular complexity index is 1090. The average Bonchev–Trinajstić information content (AvgIpc) is 3.25. The molecule has 0 aliphatic rings. The lowest BCUT2D eigenvalue weighted by Crippen LogP contribution is -2.33. The summed E-state index contributed by atoms with van der Waals surface area (Å²) in [6.45, 7) is 5.84.